The van der Waals surface area contributed by atoms with Crippen molar-refractivity contribution in [2.75, 3.05) is 45.2 Å². The minimum absolute atomic E-state index is 0.00236. The Bertz CT molecular complexity index is 547. The van der Waals surface area contributed by atoms with Gasteiger partial charge in [-0.15, -0.1) is 0 Å². The number of rotatable bonds is 4. The van der Waals surface area contributed by atoms with Crippen LogP contribution in [0.15, 0.2) is 24.3 Å². The number of piperidine rings is 2. The van der Waals surface area contributed by atoms with Crippen molar-refractivity contribution in [1.29, 1.82) is 0 Å². The Morgan fingerprint density at radius 1 is 0.960 bits per heavy atom. The third-order valence-corrected chi connectivity index (χ3v) is 5.32. The summed E-state index contributed by atoms with van der Waals surface area (Å²) in [7, 11) is 3.82. The summed E-state index contributed by atoms with van der Waals surface area (Å²) in [5, 5.41) is 6.30. The molecule has 6 nitrogen and oxygen atoms in total. The Balaban J connectivity index is 1.40. The van der Waals surface area contributed by atoms with E-state index < -0.39 is 0 Å². The van der Waals surface area contributed by atoms with Crippen LogP contribution in [0.3, 0.4) is 0 Å². The highest BCUT2D eigenvalue weighted by Gasteiger charge is 2.23. The van der Waals surface area contributed by atoms with E-state index in [9.17, 15) is 4.79 Å². The third-order valence-electron chi connectivity index (χ3n) is 5.32. The quantitative estimate of drug-likeness (QED) is 0.876. The van der Waals surface area contributed by atoms with E-state index >= 15 is 0 Å². The van der Waals surface area contributed by atoms with E-state index in [1.807, 2.05) is 12.1 Å². The van der Waals surface area contributed by atoms with E-state index in [0.29, 0.717) is 6.04 Å². The van der Waals surface area contributed by atoms with Gasteiger partial charge in [0.05, 0.1) is 7.11 Å². The summed E-state index contributed by atoms with van der Waals surface area (Å²) in [6.07, 6.45) is 4.04. The summed E-state index contributed by atoms with van der Waals surface area (Å²) in [6.45, 7) is 4.05. The zero-order valence-corrected chi connectivity index (χ0v) is 15.3. The first-order valence-electron chi connectivity index (χ1n) is 9.28. The third kappa shape index (κ3) is 5.01. The lowest BCUT2D eigenvalue weighted by molar-refractivity contribution is 0.210. The Hall–Kier alpha value is -1.95. The van der Waals surface area contributed by atoms with Crippen LogP contribution in [0.1, 0.15) is 25.7 Å². The molecule has 2 heterocycles. The summed E-state index contributed by atoms with van der Waals surface area (Å²) in [5.74, 6) is 0.880. The molecule has 25 heavy (non-hydrogen) atoms. The molecule has 2 amide bonds. The van der Waals surface area contributed by atoms with Gasteiger partial charge in [0.2, 0.25) is 0 Å². The number of ether oxygens (including phenoxy) is 1. The van der Waals surface area contributed by atoms with Crippen molar-refractivity contribution in [2.45, 2.75) is 37.8 Å². The molecule has 2 fully saturated rings. The molecule has 2 aliphatic rings. The standard InChI is InChI=1S/C19H30N4O2/c1-22-11-7-15(8-12-22)20-19(24)21-16-9-13-23(14-10-16)17-3-5-18(25-2)6-4-17/h3-6,15-16H,7-14H2,1-2H3,(H2,20,21,24). The molecule has 0 bridgehead atoms. The summed E-state index contributed by atoms with van der Waals surface area (Å²) in [4.78, 5) is 16.9. The molecular formula is C19H30N4O2. The summed E-state index contributed by atoms with van der Waals surface area (Å²) in [6, 6.07) is 8.76. The van der Waals surface area contributed by atoms with Crippen molar-refractivity contribution in [2.24, 2.45) is 0 Å². The van der Waals surface area contributed by atoms with Gasteiger partial charge in [0.1, 0.15) is 5.75 Å². The van der Waals surface area contributed by atoms with Gasteiger partial charge in [-0.1, -0.05) is 0 Å². The van der Waals surface area contributed by atoms with Gasteiger partial charge < -0.3 is 25.2 Å². The second kappa shape index (κ2) is 8.43. The number of nitrogens with one attached hydrogen (secondary N) is 2. The van der Waals surface area contributed by atoms with Crippen LogP contribution in [0.25, 0.3) is 0 Å². The van der Waals surface area contributed by atoms with Gasteiger partial charge in [-0.05, 0) is 70.1 Å². The molecule has 0 unspecified atom stereocenters. The predicted molar refractivity (Wildman–Crippen MR) is 100 cm³/mol. The number of benzene rings is 1. The van der Waals surface area contributed by atoms with Crippen LogP contribution >= 0.6 is 0 Å². The van der Waals surface area contributed by atoms with Crippen LogP contribution in [-0.2, 0) is 0 Å². The Morgan fingerprint density at radius 3 is 2.00 bits per heavy atom. The topological polar surface area (TPSA) is 56.8 Å². The number of amides is 2. The normalized spacial score (nSPS) is 20.3. The number of hydrogen-bond donors (Lipinski definition) is 2. The maximum absolute atomic E-state index is 12.2. The van der Waals surface area contributed by atoms with Crippen LogP contribution in [-0.4, -0.2) is 63.4 Å². The highest BCUT2D eigenvalue weighted by Crippen LogP contribution is 2.22. The van der Waals surface area contributed by atoms with Crippen LogP contribution < -0.4 is 20.3 Å². The van der Waals surface area contributed by atoms with Crippen LogP contribution in [0.5, 0.6) is 5.75 Å². The van der Waals surface area contributed by atoms with Crippen molar-refractivity contribution in [3.8, 4) is 5.75 Å². The molecule has 2 saturated heterocycles. The van der Waals surface area contributed by atoms with Crippen molar-refractivity contribution in [3.05, 3.63) is 24.3 Å². The molecule has 138 valence electrons. The van der Waals surface area contributed by atoms with Gasteiger partial charge in [0.25, 0.3) is 0 Å². The van der Waals surface area contributed by atoms with Gasteiger partial charge in [-0.3, -0.25) is 0 Å². The van der Waals surface area contributed by atoms with Crippen LogP contribution in [0, 0.1) is 0 Å². The number of likely N-dealkylation sites (tertiary alicyclic amines) is 1. The molecule has 0 saturated carbocycles. The largest absolute Gasteiger partial charge is 0.497 e. The number of nitrogens with zero attached hydrogens (tertiary/aromatic N) is 2. The van der Waals surface area contributed by atoms with E-state index in [1.165, 1.54) is 5.69 Å². The highest BCUT2D eigenvalue weighted by atomic mass is 16.5. The van der Waals surface area contributed by atoms with Gasteiger partial charge in [-0.25, -0.2) is 4.79 Å². The van der Waals surface area contributed by atoms with E-state index in [0.717, 1.165) is 57.6 Å². The SMILES string of the molecule is COc1ccc(N2CCC(NC(=O)NC3CCN(C)CC3)CC2)cc1. The first kappa shape index (κ1) is 17.9. The average molecular weight is 346 g/mol. The zero-order chi connectivity index (χ0) is 17.6. The van der Waals surface area contributed by atoms with Gasteiger partial charge in [-0.2, -0.15) is 0 Å². The minimum atomic E-state index is -0.00236. The average Bonchev–Trinajstić information content (AvgIpc) is 2.64. The molecule has 1 aromatic rings. The molecule has 3 rings (SSSR count). The minimum Gasteiger partial charge on any atom is -0.497 e. The maximum atomic E-state index is 12.2. The summed E-state index contributed by atoms with van der Waals surface area (Å²) in [5.41, 5.74) is 1.22. The lowest BCUT2D eigenvalue weighted by Gasteiger charge is -2.35. The predicted octanol–water partition coefficient (Wildman–Crippen LogP) is 2.06. The number of anilines is 1. The Kier molecular flexibility index (Phi) is 6.02. The first-order valence-corrected chi connectivity index (χ1v) is 9.28. The summed E-state index contributed by atoms with van der Waals surface area (Å²) < 4.78 is 5.21. The van der Waals surface area contributed by atoms with Gasteiger partial charge >= 0.3 is 6.03 Å². The fraction of sp³-hybridized carbons (Fsp3) is 0.632. The molecule has 6 heteroatoms. The van der Waals surface area contributed by atoms with Crippen LogP contribution in [0.2, 0.25) is 0 Å². The van der Waals surface area contributed by atoms with Crippen molar-refractivity contribution < 1.29 is 9.53 Å². The number of urea groups is 1. The zero-order valence-electron chi connectivity index (χ0n) is 15.3. The molecule has 0 aromatic heterocycles. The van der Waals surface area contributed by atoms with Crippen molar-refractivity contribution >= 4 is 11.7 Å². The fourth-order valence-corrected chi connectivity index (χ4v) is 3.64. The van der Waals surface area contributed by atoms with Crippen molar-refractivity contribution in [3.63, 3.8) is 0 Å². The smallest absolute Gasteiger partial charge is 0.315 e. The molecule has 2 aliphatic heterocycles. The Morgan fingerprint density at radius 2 is 1.48 bits per heavy atom. The number of carbonyl (C=O) groups excluding carboxylic acids is 1. The molecule has 0 aliphatic carbocycles. The highest BCUT2D eigenvalue weighted by molar-refractivity contribution is 5.74. The molecule has 0 spiro atoms. The lowest BCUT2D eigenvalue weighted by atomic mass is 10.0. The number of hydrogen-bond acceptors (Lipinski definition) is 4. The van der Waals surface area contributed by atoms with Crippen LogP contribution in [0.4, 0.5) is 10.5 Å². The Labute approximate surface area is 150 Å². The van der Waals surface area contributed by atoms with Crippen molar-refractivity contribution in [1.82, 2.24) is 15.5 Å². The lowest BCUT2D eigenvalue weighted by Crippen LogP contribution is -2.51. The number of carbonyl (C=O) groups is 1. The summed E-state index contributed by atoms with van der Waals surface area (Å²) >= 11 is 0. The molecule has 2 N–H and O–H groups in total. The van der Waals surface area contributed by atoms with E-state index in [1.54, 1.807) is 7.11 Å². The molecular weight excluding hydrogens is 316 g/mol. The monoisotopic (exact) mass is 346 g/mol. The fourth-order valence-electron chi connectivity index (χ4n) is 3.64. The van der Waals surface area contributed by atoms with E-state index in [2.05, 4.69) is 39.6 Å². The second-order valence-corrected chi connectivity index (χ2v) is 7.15. The van der Waals surface area contributed by atoms with E-state index in [-0.39, 0.29) is 12.1 Å². The first-order chi connectivity index (χ1) is 12.1. The van der Waals surface area contributed by atoms with Gasteiger partial charge in [0, 0.05) is 30.9 Å². The van der Waals surface area contributed by atoms with E-state index in [4.69, 9.17) is 4.74 Å². The number of methoxy groups -OCH3 is 1. The second-order valence-electron chi connectivity index (χ2n) is 7.15. The molecule has 0 atom stereocenters. The molecule has 1 aromatic carbocycles. The molecule has 0 radical (unpaired) electrons. The maximum Gasteiger partial charge on any atom is 0.315 e. The van der Waals surface area contributed by atoms with Gasteiger partial charge in [0.15, 0.2) is 0 Å².